The van der Waals surface area contributed by atoms with Gasteiger partial charge in [0.25, 0.3) is 0 Å². The van der Waals surface area contributed by atoms with E-state index in [4.69, 9.17) is 9.16 Å². The number of rotatable bonds is 7. The molecule has 1 aromatic heterocycles. The van der Waals surface area contributed by atoms with Crippen LogP contribution in [0.5, 0.6) is 0 Å². The summed E-state index contributed by atoms with van der Waals surface area (Å²) in [7, 11) is -1.86. The number of ether oxygens (including phenoxy) is 1. The number of fused-ring (bicyclic) bond motifs is 5. The molecule has 0 N–H and O–H groups in total. The molecule has 2 heterocycles. The molecule has 4 rings (SSSR count). The summed E-state index contributed by atoms with van der Waals surface area (Å²) in [5.41, 5.74) is -0.441. The average molecular weight is 512 g/mol. The zero-order chi connectivity index (χ0) is 26.6. The van der Waals surface area contributed by atoms with E-state index in [2.05, 4.69) is 61.6 Å². The van der Waals surface area contributed by atoms with Crippen molar-refractivity contribution in [3.8, 4) is 5.69 Å². The van der Waals surface area contributed by atoms with Crippen LogP contribution in [-0.4, -0.2) is 34.5 Å². The van der Waals surface area contributed by atoms with Crippen LogP contribution in [0.2, 0.25) is 18.1 Å². The third kappa shape index (κ3) is 4.49. The third-order valence-corrected chi connectivity index (χ3v) is 12.7. The van der Waals surface area contributed by atoms with Crippen molar-refractivity contribution < 1.29 is 9.16 Å². The minimum atomic E-state index is -1.86. The minimum Gasteiger partial charge on any atom is -0.491 e. The van der Waals surface area contributed by atoms with Crippen molar-refractivity contribution in [1.29, 1.82) is 0 Å². The Hall–Kier alpha value is -2.58. The lowest BCUT2D eigenvalue weighted by Gasteiger charge is -2.39. The highest BCUT2D eigenvalue weighted by atomic mass is 28.4. The normalized spacial score (nSPS) is 22.5. The molecule has 196 valence electrons. The molecule has 1 aromatic carbocycles. The van der Waals surface area contributed by atoms with Gasteiger partial charge >= 0.3 is 11.4 Å². The summed E-state index contributed by atoms with van der Waals surface area (Å²) in [5.74, 6) is 0.723. The molecule has 36 heavy (non-hydrogen) atoms. The molecule has 0 unspecified atom stereocenters. The molecular formula is C28H41N3O4Si. The number of aromatic nitrogens is 3. The van der Waals surface area contributed by atoms with Crippen molar-refractivity contribution in [1.82, 2.24) is 13.9 Å². The number of hydrogen-bond acceptors (Lipinski definition) is 4. The zero-order valence-corrected chi connectivity index (χ0v) is 24.1. The largest absolute Gasteiger partial charge is 0.491 e. The molecular weight excluding hydrogens is 470 g/mol. The van der Waals surface area contributed by atoms with Gasteiger partial charge in [0.05, 0.1) is 23.9 Å². The van der Waals surface area contributed by atoms with Crippen molar-refractivity contribution >= 4 is 8.32 Å². The Morgan fingerprint density at radius 3 is 2.14 bits per heavy atom. The maximum Gasteiger partial charge on any atom is 0.352 e. The Labute approximate surface area is 215 Å². The van der Waals surface area contributed by atoms with Crippen LogP contribution in [-0.2, 0) is 9.16 Å². The van der Waals surface area contributed by atoms with E-state index >= 15 is 0 Å². The van der Waals surface area contributed by atoms with E-state index in [1.807, 2.05) is 36.4 Å². The molecule has 1 aliphatic heterocycles. The summed E-state index contributed by atoms with van der Waals surface area (Å²) in [6.45, 7) is 19.6. The fourth-order valence-electron chi connectivity index (χ4n) is 5.15. The lowest BCUT2D eigenvalue weighted by atomic mass is 9.79. The fourth-order valence-corrected chi connectivity index (χ4v) is 6.60. The Balaban J connectivity index is 1.60. The van der Waals surface area contributed by atoms with Gasteiger partial charge in [-0.15, -0.1) is 0 Å². The second kappa shape index (κ2) is 9.06. The number of nitrogens with zero attached hydrogens (tertiary/aromatic N) is 3. The van der Waals surface area contributed by atoms with Crippen molar-refractivity contribution in [3.05, 3.63) is 75.3 Å². The van der Waals surface area contributed by atoms with Crippen LogP contribution in [0.25, 0.3) is 5.69 Å². The number of allylic oxidation sites excluding steroid dienone is 3. The van der Waals surface area contributed by atoms with E-state index < -0.39 is 8.32 Å². The van der Waals surface area contributed by atoms with Gasteiger partial charge in [0.2, 0.25) is 0 Å². The van der Waals surface area contributed by atoms with Gasteiger partial charge in [-0.2, -0.15) is 0 Å². The maximum atomic E-state index is 13.5. The van der Waals surface area contributed by atoms with Crippen LogP contribution < -0.4 is 11.4 Å². The standard InChI is InChI=1S/C28H41N3O4Si/c1-19(17-20(2)35-36(8,9)27(3,4)5)34-22-15-16-23-28(6,7)24(18-22)31-26(33)29(25(32)30(23)31)21-13-11-10-12-14-21/h10-16,18-20,23-24H,17H2,1-9H3/t19-,20-,23-,24+/m1/s1. The van der Waals surface area contributed by atoms with Crippen LogP contribution in [0, 0.1) is 5.41 Å². The second-order valence-corrected chi connectivity index (χ2v) is 17.2. The van der Waals surface area contributed by atoms with E-state index in [0.29, 0.717) is 5.69 Å². The predicted molar refractivity (Wildman–Crippen MR) is 146 cm³/mol. The molecule has 2 aliphatic rings. The van der Waals surface area contributed by atoms with Crippen LogP contribution in [0.15, 0.2) is 63.9 Å². The topological polar surface area (TPSA) is 67.4 Å². The first-order chi connectivity index (χ1) is 16.6. The fraction of sp³-hybridized carbons (Fsp3) is 0.571. The highest BCUT2D eigenvalue weighted by molar-refractivity contribution is 6.74. The SMILES string of the molecule is C[C@H](C[C@@H](C)O[Si](C)(C)C(C)(C)C)OC1=C[C@@H]2n3c(=O)n(-c4ccccc4)c(=O)n3[C@H](C=C1)C2(C)C. The van der Waals surface area contributed by atoms with E-state index in [1.54, 1.807) is 21.5 Å². The number of benzene rings is 1. The monoisotopic (exact) mass is 511 g/mol. The van der Waals surface area contributed by atoms with Gasteiger partial charge in [-0.1, -0.05) is 58.9 Å². The predicted octanol–water partition coefficient (Wildman–Crippen LogP) is 5.58. The number of hydrogen-bond donors (Lipinski definition) is 0. The van der Waals surface area contributed by atoms with Crippen molar-refractivity contribution in [2.75, 3.05) is 0 Å². The summed E-state index contributed by atoms with van der Waals surface area (Å²) < 4.78 is 17.3. The van der Waals surface area contributed by atoms with Gasteiger partial charge in [0.1, 0.15) is 5.76 Å². The zero-order valence-electron chi connectivity index (χ0n) is 23.1. The van der Waals surface area contributed by atoms with Crippen LogP contribution in [0.1, 0.15) is 67.0 Å². The first kappa shape index (κ1) is 26.5. The van der Waals surface area contributed by atoms with E-state index in [9.17, 15) is 9.59 Å². The van der Waals surface area contributed by atoms with Crippen molar-refractivity contribution in [2.24, 2.45) is 5.41 Å². The maximum absolute atomic E-state index is 13.5. The smallest absolute Gasteiger partial charge is 0.352 e. The quantitative estimate of drug-likeness (QED) is 0.455. The van der Waals surface area contributed by atoms with Crippen LogP contribution in [0.4, 0.5) is 0 Å². The molecule has 0 spiro atoms. The van der Waals surface area contributed by atoms with Crippen molar-refractivity contribution in [3.63, 3.8) is 0 Å². The Bertz CT molecular complexity index is 1290. The Morgan fingerprint density at radius 2 is 1.56 bits per heavy atom. The molecule has 0 saturated heterocycles. The lowest BCUT2D eigenvalue weighted by Crippen LogP contribution is -2.43. The molecule has 0 fully saturated rings. The van der Waals surface area contributed by atoms with E-state index in [0.717, 1.165) is 12.2 Å². The van der Waals surface area contributed by atoms with Gasteiger partial charge in [-0.25, -0.2) is 23.5 Å². The highest BCUT2D eigenvalue weighted by Crippen LogP contribution is 2.49. The Morgan fingerprint density at radius 1 is 0.972 bits per heavy atom. The summed E-state index contributed by atoms with van der Waals surface area (Å²) in [6, 6.07) is 8.51. The molecule has 0 saturated carbocycles. The van der Waals surface area contributed by atoms with Gasteiger partial charge < -0.3 is 9.16 Å². The van der Waals surface area contributed by atoms with Gasteiger partial charge in [0.15, 0.2) is 8.32 Å². The first-order valence-corrected chi connectivity index (χ1v) is 15.8. The lowest BCUT2D eigenvalue weighted by molar-refractivity contribution is 0.0801. The third-order valence-electron chi connectivity index (χ3n) is 8.14. The van der Waals surface area contributed by atoms with Gasteiger partial charge in [-0.05, 0) is 56.3 Å². The van der Waals surface area contributed by atoms with E-state index in [-0.39, 0.29) is 46.1 Å². The van der Waals surface area contributed by atoms with Crippen LogP contribution >= 0.6 is 0 Å². The summed E-state index contributed by atoms with van der Waals surface area (Å²) in [4.78, 5) is 26.9. The minimum absolute atomic E-state index is 0.0618. The molecule has 1 aliphatic carbocycles. The van der Waals surface area contributed by atoms with Crippen LogP contribution in [0.3, 0.4) is 0 Å². The van der Waals surface area contributed by atoms with Gasteiger partial charge in [0, 0.05) is 17.9 Å². The Kier molecular flexibility index (Phi) is 6.67. The average Bonchev–Trinajstić information content (AvgIpc) is 3.05. The molecule has 2 bridgehead atoms. The van der Waals surface area contributed by atoms with E-state index in [1.165, 1.54) is 4.57 Å². The molecule has 7 nitrogen and oxygen atoms in total. The second-order valence-electron chi connectivity index (χ2n) is 12.4. The summed E-state index contributed by atoms with van der Waals surface area (Å²) in [5, 5.41) is 0.155. The molecule has 4 atom stereocenters. The first-order valence-electron chi connectivity index (χ1n) is 12.9. The molecule has 0 amide bonds. The molecule has 0 radical (unpaired) electrons. The summed E-state index contributed by atoms with van der Waals surface area (Å²) >= 11 is 0. The molecule has 2 aromatic rings. The molecule has 8 heteroatoms. The highest BCUT2D eigenvalue weighted by Gasteiger charge is 2.49. The van der Waals surface area contributed by atoms with Crippen molar-refractivity contribution in [2.45, 2.75) is 97.3 Å². The van der Waals surface area contributed by atoms with Gasteiger partial charge in [-0.3, -0.25) is 0 Å². The summed E-state index contributed by atoms with van der Waals surface area (Å²) in [6.07, 6.45) is 6.72. The number of para-hydroxylation sites is 1.